The van der Waals surface area contributed by atoms with Gasteiger partial charge in [-0.3, -0.25) is 0 Å². The summed E-state index contributed by atoms with van der Waals surface area (Å²) in [4.78, 5) is 14.1. The second-order valence-electron chi connectivity index (χ2n) is 7.25. The molecule has 1 fully saturated rings. The molecule has 0 aliphatic carbocycles. The molecule has 2 atom stereocenters. The van der Waals surface area contributed by atoms with Crippen molar-refractivity contribution in [3.05, 3.63) is 35.9 Å². The minimum atomic E-state index is -0.490. The van der Waals surface area contributed by atoms with E-state index in [1.807, 2.05) is 51.1 Å². The Kier molecular flexibility index (Phi) is 6.63. The van der Waals surface area contributed by atoms with E-state index in [9.17, 15) is 4.79 Å². The molecule has 2 rings (SSSR count). The molecule has 134 valence electrons. The molecule has 1 heterocycles. The van der Waals surface area contributed by atoms with Crippen LogP contribution in [0.25, 0.3) is 0 Å². The molecule has 1 N–H and O–H groups in total. The van der Waals surface area contributed by atoms with Gasteiger partial charge in [0.15, 0.2) is 0 Å². The van der Waals surface area contributed by atoms with Gasteiger partial charge in [0.25, 0.3) is 0 Å². The highest BCUT2D eigenvalue weighted by Gasteiger charge is 2.32. The zero-order valence-electron chi connectivity index (χ0n) is 14.9. The number of carbonyl (C=O) groups excluding carboxylic acids is 1. The zero-order chi connectivity index (χ0) is 17.6. The van der Waals surface area contributed by atoms with Crippen LogP contribution in [-0.2, 0) is 9.47 Å². The van der Waals surface area contributed by atoms with E-state index in [1.54, 1.807) is 4.90 Å². The highest BCUT2D eigenvalue weighted by Crippen LogP contribution is 2.33. The number of ether oxygens (including phenoxy) is 2. The molecule has 1 aliphatic rings. The summed E-state index contributed by atoms with van der Waals surface area (Å²) in [5, 5.41) is 9.12. The fraction of sp³-hybridized carbons (Fsp3) is 0.632. The fourth-order valence-corrected chi connectivity index (χ4v) is 3.08. The molecule has 2 unspecified atom stereocenters. The van der Waals surface area contributed by atoms with E-state index >= 15 is 0 Å². The van der Waals surface area contributed by atoms with E-state index < -0.39 is 5.60 Å². The van der Waals surface area contributed by atoms with Crippen molar-refractivity contribution in [3.63, 3.8) is 0 Å². The Balaban J connectivity index is 2.08. The van der Waals surface area contributed by atoms with Crippen molar-refractivity contribution in [2.24, 2.45) is 5.92 Å². The van der Waals surface area contributed by atoms with Crippen molar-refractivity contribution in [2.45, 2.75) is 45.3 Å². The third kappa shape index (κ3) is 5.49. The van der Waals surface area contributed by atoms with Gasteiger partial charge in [-0.05, 0) is 39.2 Å². The lowest BCUT2D eigenvalue weighted by Gasteiger charge is -2.37. The number of likely N-dealkylation sites (tertiary alicyclic amines) is 1. The molecule has 0 radical (unpaired) electrons. The van der Waals surface area contributed by atoms with Gasteiger partial charge in [-0.1, -0.05) is 30.3 Å². The average molecular weight is 335 g/mol. The number of hydrogen-bond acceptors (Lipinski definition) is 4. The summed E-state index contributed by atoms with van der Waals surface area (Å²) in [5.74, 6) is 0.195. The summed E-state index contributed by atoms with van der Waals surface area (Å²) in [7, 11) is 0. The molecule has 1 aromatic carbocycles. The number of carbonyl (C=O) groups is 1. The first kappa shape index (κ1) is 18.7. The summed E-state index contributed by atoms with van der Waals surface area (Å²) in [6.45, 7) is 7.25. The fourth-order valence-electron chi connectivity index (χ4n) is 3.08. The van der Waals surface area contributed by atoms with Crippen LogP contribution in [0.2, 0.25) is 0 Å². The van der Waals surface area contributed by atoms with Gasteiger partial charge in [0.2, 0.25) is 0 Å². The number of benzene rings is 1. The lowest BCUT2D eigenvalue weighted by atomic mass is 9.88. The van der Waals surface area contributed by atoms with Crippen molar-refractivity contribution >= 4 is 6.09 Å². The summed E-state index contributed by atoms with van der Waals surface area (Å²) < 4.78 is 11.4. The number of hydrogen-bond donors (Lipinski definition) is 1. The molecular weight excluding hydrogens is 306 g/mol. The predicted molar refractivity (Wildman–Crippen MR) is 92.8 cm³/mol. The molecule has 1 aromatic rings. The van der Waals surface area contributed by atoms with E-state index in [4.69, 9.17) is 14.6 Å². The molecule has 0 saturated carbocycles. The smallest absolute Gasteiger partial charge is 0.410 e. The van der Waals surface area contributed by atoms with Gasteiger partial charge in [-0.2, -0.15) is 0 Å². The quantitative estimate of drug-likeness (QED) is 0.896. The number of aliphatic hydroxyl groups excluding tert-OH is 1. The Labute approximate surface area is 144 Å². The van der Waals surface area contributed by atoms with Crippen LogP contribution < -0.4 is 0 Å². The molecule has 1 saturated heterocycles. The molecule has 1 aliphatic heterocycles. The summed E-state index contributed by atoms with van der Waals surface area (Å²) in [6, 6.07) is 10.0. The predicted octanol–water partition coefficient (Wildman–Crippen LogP) is 3.38. The monoisotopic (exact) mass is 335 g/mol. The number of nitrogens with zero attached hydrogens (tertiary/aromatic N) is 1. The van der Waals surface area contributed by atoms with Crippen LogP contribution in [0, 0.1) is 5.92 Å². The van der Waals surface area contributed by atoms with Gasteiger partial charge in [0, 0.05) is 19.0 Å². The molecule has 1 amide bonds. The van der Waals surface area contributed by atoms with Crippen LogP contribution in [-0.4, -0.2) is 48.0 Å². The third-order valence-corrected chi connectivity index (χ3v) is 4.05. The van der Waals surface area contributed by atoms with E-state index in [1.165, 1.54) is 0 Å². The highest BCUT2D eigenvalue weighted by molar-refractivity contribution is 5.68. The molecule has 0 aromatic heterocycles. The normalized spacial score (nSPS) is 19.8. The summed E-state index contributed by atoms with van der Waals surface area (Å²) in [6.07, 6.45) is 1.53. The lowest BCUT2D eigenvalue weighted by Crippen LogP contribution is -2.44. The maximum absolute atomic E-state index is 12.4. The van der Waals surface area contributed by atoms with Gasteiger partial charge >= 0.3 is 6.09 Å². The first-order chi connectivity index (χ1) is 11.4. The van der Waals surface area contributed by atoms with E-state index in [-0.39, 0.29) is 24.7 Å². The van der Waals surface area contributed by atoms with E-state index in [2.05, 4.69) is 0 Å². The van der Waals surface area contributed by atoms with E-state index in [0.29, 0.717) is 19.7 Å². The molecule has 5 nitrogen and oxygen atoms in total. The Bertz CT molecular complexity index is 512. The zero-order valence-corrected chi connectivity index (χ0v) is 14.9. The Morgan fingerprint density at radius 2 is 2.04 bits per heavy atom. The number of piperidine rings is 1. The van der Waals surface area contributed by atoms with E-state index in [0.717, 1.165) is 18.4 Å². The van der Waals surface area contributed by atoms with Crippen LogP contribution in [0.4, 0.5) is 4.79 Å². The number of rotatable bonds is 5. The molecular formula is C19H29NO4. The van der Waals surface area contributed by atoms with Gasteiger partial charge in [0.1, 0.15) is 5.60 Å². The number of amides is 1. The first-order valence-electron chi connectivity index (χ1n) is 8.66. The van der Waals surface area contributed by atoms with Gasteiger partial charge in [0.05, 0.1) is 19.3 Å². The van der Waals surface area contributed by atoms with Crippen molar-refractivity contribution in [3.8, 4) is 0 Å². The second kappa shape index (κ2) is 8.49. The van der Waals surface area contributed by atoms with Crippen molar-refractivity contribution in [2.75, 3.05) is 26.3 Å². The first-order valence-corrected chi connectivity index (χ1v) is 8.66. The summed E-state index contributed by atoms with van der Waals surface area (Å²) in [5.41, 5.74) is 0.595. The minimum absolute atomic E-state index is 0.00810. The molecule has 0 spiro atoms. The second-order valence-corrected chi connectivity index (χ2v) is 7.25. The van der Waals surface area contributed by atoms with Crippen molar-refractivity contribution in [1.29, 1.82) is 0 Å². The van der Waals surface area contributed by atoms with Crippen LogP contribution in [0.1, 0.15) is 45.3 Å². The van der Waals surface area contributed by atoms with Gasteiger partial charge < -0.3 is 19.5 Å². The maximum Gasteiger partial charge on any atom is 0.410 e. The van der Waals surface area contributed by atoms with Gasteiger partial charge in [-0.25, -0.2) is 4.79 Å². The summed E-state index contributed by atoms with van der Waals surface area (Å²) >= 11 is 0. The van der Waals surface area contributed by atoms with Crippen LogP contribution in [0.5, 0.6) is 0 Å². The highest BCUT2D eigenvalue weighted by atomic mass is 16.6. The lowest BCUT2D eigenvalue weighted by molar-refractivity contribution is -0.0348. The largest absolute Gasteiger partial charge is 0.444 e. The average Bonchev–Trinajstić information content (AvgIpc) is 2.55. The Morgan fingerprint density at radius 1 is 1.33 bits per heavy atom. The Morgan fingerprint density at radius 3 is 2.67 bits per heavy atom. The van der Waals surface area contributed by atoms with Crippen LogP contribution >= 0.6 is 0 Å². The van der Waals surface area contributed by atoms with Crippen LogP contribution in [0.15, 0.2) is 30.3 Å². The molecule has 5 heteroatoms. The van der Waals surface area contributed by atoms with Crippen LogP contribution in [0.3, 0.4) is 0 Å². The minimum Gasteiger partial charge on any atom is -0.444 e. The van der Waals surface area contributed by atoms with Crippen molar-refractivity contribution in [1.82, 2.24) is 4.90 Å². The topological polar surface area (TPSA) is 59.0 Å². The molecule has 0 bridgehead atoms. The number of aliphatic hydroxyl groups is 1. The SMILES string of the molecule is CC(C)(C)OC(=O)N1CCCC(C(OCCO)c2ccccc2)C1. The standard InChI is InChI=1S/C19H29NO4/c1-19(2,3)24-18(22)20-11-7-10-16(14-20)17(23-13-12-21)15-8-5-4-6-9-15/h4-6,8-9,16-17,21H,7,10-14H2,1-3H3. The Hall–Kier alpha value is -1.59. The molecule has 24 heavy (non-hydrogen) atoms. The maximum atomic E-state index is 12.4. The van der Waals surface area contributed by atoms with Gasteiger partial charge in [-0.15, -0.1) is 0 Å². The van der Waals surface area contributed by atoms with Crippen molar-refractivity contribution < 1.29 is 19.4 Å². The third-order valence-electron chi connectivity index (χ3n) is 4.05.